The van der Waals surface area contributed by atoms with Gasteiger partial charge in [-0.15, -0.1) is 0 Å². The lowest BCUT2D eigenvalue weighted by Gasteiger charge is -2.18. The third-order valence-corrected chi connectivity index (χ3v) is 7.46. The van der Waals surface area contributed by atoms with E-state index in [4.69, 9.17) is 19.3 Å². The molecule has 9 heteroatoms. The van der Waals surface area contributed by atoms with Gasteiger partial charge in [0.25, 0.3) is 0 Å². The summed E-state index contributed by atoms with van der Waals surface area (Å²) >= 11 is 0. The van der Waals surface area contributed by atoms with Crippen molar-refractivity contribution in [3.05, 3.63) is 24.3 Å². The molecule has 0 aromatic heterocycles. The number of esters is 2. The number of hydrogen-bond acceptors (Lipinski definition) is 6. The smallest absolute Gasteiger partial charge is 0.462 e. The van der Waals surface area contributed by atoms with Gasteiger partial charge in [-0.1, -0.05) is 122 Å². The highest BCUT2D eigenvalue weighted by molar-refractivity contribution is 7.46. The van der Waals surface area contributed by atoms with Crippen LogP contribution in [-0.2, 0) is 28.2 Å². The molecule has 8 nitrogen and oxygen atoms in total. The lowest BCUT2D eigenvalue weighted by Crippen LogP contribution is -2.29. The number of carbonyl (C=O) groups excluding carboxylic acids is 2. The van der Waals surface area contributed by atoms with Crippen LogP contribution in [0.2, 0.25) is 0 Å². The predicted molar refractivity (Wildman–Crippen MR) is 170 cm³/mol. The second kappa shape index (κ2) is 29.6. The molecule has 0 saturated heterocycles. The van der Waals surface area contributed by atoms with Gasteiger partial charge in [0.05, 0.1) is 6.61 Å². The molecule has 0 saturated carbocycles. The molecule has 0 bridgehead atoms. The Morgan fingerprint density at radius 1 is 0.619 bits per heavy atom. The largest absolute Gasteiger partial charge is 0.469 e. The molecule has 246 valence electrons. The molecule has 1 atom stereocenters. The van der Waals surface area contributed by atoms with E-state index in [9.17, 15) is 14.2 Å². The highest BCUT2D eigenvalue weighted by Gasteiger charge is 2.22. The van der Waals surface area contributed by atoms with Crippen molar-refractivity contribution in [2.24, 2.45) is 0 Å². The first kappa shape index (κ1) is 40.5. The summed E-state index contributed by atoms with van der Waals surface area (Å²) in [5, 5.41) is 0. The zero-order valence-electron chi connectivity index (χ0n) is 26.6. The number of unbranched alkanes of at least 4 members (excludes halogenated alkanes) is 16. The Morgan fingerprint density at radius 2 is 1.07 bits per heavy atom. The Morgan fingerprint density at radius 3 is 1.62 bits per heavy atom. The Balaban J connectivity index is 3.79. The van der Waals surface area contributed by atoms with Crippen molar-refractivity contribution in [1.29, 1.82) is 0 Å². The second-order valence-corrected chi connectivity index (χ2v) is 12.4. The third kappa shape index (κ3) is 31.5. The molecule has 0 aliphatic rings. The van der Waals surface area contributed by atoms with E-state index in [-0.39, 0.29) is 19.4 Å². The average Bonchev–Trinajstić information content (AvgIpc) is 2.95. The van der Waals surface area contributed by atoms with E-state index in [2.05, 4.69) is 35.8 Å². The van der Waals surface area contributed by atoms with E-state index >= 15 is 0 Å². The molecular weight excluding hydrogens is 555 g/mol. The summed E-state index contributed by atoms with van der Waals surface area (Å²) in [6.07, 6.45) is 31.4. The van der Waals surface area contributed by atoms with Crippen molar-refractivity contribution in [2.45, 2.75) is 161 Å². The minimum atomic E-state index is -4.73. The van der Waals surface area contributed by atoms with E-state index in [1.54, 1.807) is 0 Å². The maximum atomic E-state index is 12.2. The van der Waals surface area contributed by atoms with Gasteiger partial charge in [-0.05, 0) is 44.9 Å². The van der Waals surface area contributed by atoms with Gasteiger partial charge in [-0.3, -0.25) is 14.1 Å². The van der Waals surface area contributed by atoms with Crippen molar-refractivity contribution in [3.8, 4) is 0 Å². The summed E-state index contributed by atoms with van der Waals surface area (Å²) in [6.45, 7) is 3.45. The van der Waals surface area contributed by atoms with Crippen LogP contribution in [0.3, 0.4) is 0 Å². The van der Waals surface area contributed by atoms with E-state index in [1.807, 2.05) is 6.92 Å². The van der Waals surface area contributed by atoms with E-state index < -0.39 is 32.5 Å². The first-order valence-electron chi connectivity index (χ1n) is 16.6. The molecular formula is C33H61O8P. The third-order valence-electron chi connectivity index (χ3n) is 6.97. The van der Waals surface area contributed by atoms with Crippen LogP contribution in [0.15, 0.2) is 24.3 Å². The molecule has 0 spiro atoms. The summed E-state index contributed by atoms with van der Waals surface area (Å²) in [5.74, 6) is -0.918. The van der Waals surface area contributed by atoms with Crippen molar-refractivity contribution >= 4 is 19.8 Å². The molecule has 0 aliphatic heterocycles. The van der Waals surface area contributed by atoms with Crippen LogP contribution >= 0.6 is 7.82 Å². The first-order valence-corrected chi connectivity index (χ1v) is 18.2. The molecule has 42 heavy (non-hydrogen) atoms. The highest BCUT2D eigenvalue weighted by Crippen LogP contribution is 2.35. The van der Waals surface area contributed by atoms with Crippen LogP contribution in [-0.4, -0.2) is 41.0 Å². The van der Waals surface area contributed by atoms with Crippen LogP contribution in [0.5, 0.6) is 0 Å². The quantitative estimate of drug-likeness (QED) is 0.0355. The first-order chi connectivity index (χ1) is 20.3. The normalized spacial score (nSPS) is 12.8. The fourth-order valence-electron chi connectivity index (χ4n) is 4.46. The Labute approximate surface area is 256 Å². The number of phosphoric ester groups is 1. The molecule has 1 unspecified atom stereocenters. The minimum Gasteiger partial charge on any atom is -0.462 e. The van der Waals surface area contributed by atoms with Gasteiger partial charge in [-0.2, -0.15) is 0 Å². The molecule has 0 aliphatic carbocycles. The molecule has 0 amide bonds. The number of phosphoric acid groups is 1. The second-order valence-electron chi connectivity index (χ2n) is 11.1. The SMILES string of the molecule is CCCCCCC/C=C\C/C=C\CCCCCCCCCCCC(=O)OC(COC(=O)CCCCC)COP(=O)(O)O. The highest BCUT2D eigenvalue weighted by atomic mass is 31.2. The predicted octanol–water partition coefficient (Wildman–Crippen LogP) is 9.29. The van der Waals surface area contributed by atoms with Crippen LogP contribution in [0.25, 0.3) is 0 Å². The summed E-state index contributed by atoms with van der Waals surface area (Å²) in [7, 11) is -4.73. The summed E-state index contributed by atoms with van der Waals surface area (Å²) in [6, 6.07) is 0. The average molecular weight is 617 g/mol. The standard InChI is InChI=1S/C33H61O8P/c1-3-5-7-8-9-10-11-12-13-14-15-16-17-18-19-20-21-22-23-24-26-28-33(35)41-31(30-40-42(36,37)38)29-39-32(34)27-25-6-4-2/h11-12,14-15,31H,3-10,13,16-30H2,1-2H3,(H2,36,37,38)/b12-11-,15-14-. The van der Waals surface area contributed by atoms with E-state index in [0.717, 1.165) is 44.9 Å². The van der Waals surface area contributed by atoms with Crippen LogP contribution in [0.1, 0.15) is 155 Å². The Kier molecular flexibility index (Phi) is 28.6. The van der Waals surface area contributed by atoms with Crippen LogP contribution in [0.4, 0.5) is 0 Å². The molecule has 2 N–H and O–H groups in total. The molecule has 0 aromatic rings. The zero-order chi connectivity index (χ0) is 31.2. The molecule has 0 aromatic carbocycles. The summed E-state index contributed by atoms with van der Waals surface area (Å²) in [4.78, 5) is 41.9. The molecule has 0 fully saturated rings. The zero-order valence-corrected chi connectivity index (χ0v) is 27.5. The van der Waals surface area contributed by atoms with E-state index in [0.29, 0.717) is 12.8 Å². The summed E-state index contributed by atoms with van der Waals surface area (Å²) < 4.78 is 25.9. The van der Waals surface area contributed by atoms with Gasteiger partial charge in [0.1, 0.15) is 6.61 Å². The number of rotatable bonds is 30. The number of hydrogen-bond donors (Lipinski definition) is 2. The number of carbonyl (C=O) groups is 2. The lowest BCUT2D eigenvalue weighted by atomic mass is 10.1. The van der Waals surface area contributed by atoms with Gasteiger partial charge in [0.15, 0.2) is 6.10 Å². The van der Waals surface area contributed by atoms with Crippen LogP contribution < -0.4 is 0 Å². The Bertz CT molecular complexity index is 746. The monoisotopic (exact) mass is 616 g/mol. The van der Waals surface area contributed by atoms with Crippen molar-refractivity contribution in [1.82, 2.24) is 0 Å². The van der Waals surface area contributed by atoms with Gasteiger partial charge in [0.2, 0.25) is 0 Å². The fraction of sp³-hybridized carbons (Fsp3) is 0.818. The molecule has 0 radical (unpaired) electrons. The van der Waals surface area contributed by atoms with Gasteiger partial charge in [0, 0.05) is 12.8 Å². The topological polar surface area (TPSA) is 119 Å². The maximum Gasteiger partial charge on any atom is 0.469 e. The van der Waals surface area contributed by atoms with Crippen molar-refractivity contribution in [2.75, 3.05) is 13.2 Å². The lowest BCUT2D eigenvalue weighted by molar-refractivity contribution is -0.161. The minimum absolute atomic E-state index is 0.208. The van der Waals surface area contributed by atoms with Crippen LogP contribution in [0, 0.1) is 0 Å². The van der Waals surface area contributed by atoms with E-state index in [1.165, 1.54) is 70.6 Å². The number of allylic oxidation sites excluding steroid dienone is 4. The number of ether oxygens (including phenoxy) is 2. The van der Waals surface area contributed by atoms with Crippen molar-refractivity contribution in [3.63, 3.8) is 0 Å². The van der Waals surface area contributed by atoms with Crippen molar-refractivity contribution < 1.29 is 37.9 Å². The molecule has 0 rings (SSSR count). The Hall–Kier alpha value is -1.47. The van der Waals surface area contributed by atoms with Gasteiger partial charge in [-0.25, -0.2) is 4.57 Å². The van der Waals surface area contributed by atoms with Gasteiger partial charge < -0.3 is 19.3 Å². The fourth-order valence-corrected chi connectivity index (χ4v) is 4.82. The molecule has 0 heterocycles. The van der Waals surface area contributed by atoms with Gasteiger partial charge >= 0.3 is 19.8 Å². The maximum absolute atomic E-state index is 12.2. The summed E-state index contributed by atoms with van der Waals surface area (Å²) in [5.41, 5.74) is 0.